The first-order chi connectivity index (χ1) is 55.2. The molecule has 3 unspecified atom stereocenters. The first kappa shape index (κ1) is 83.0. The molecule has 4 fully saturated rings. The second-order valence-electron chi connectivity index (χ2n) is 29.9. The third-order valence-electron chi connectivity index (χ3n) is 21.4. The standard InChI is InChI=1S/C21H28N2O.C21H22O3.C18H20N2O3S.C14H10Cl2N2O3.C11H13N4O6P/c1-16-14-22(21(24)18-9-3-2-4-10-18)15-20-19-12-6-5-8-17(19)11-7-13-23(16)20;1-13-4-6-16(18(22)10-13)15-11-14-5-7-19-17(20(14)23-12-15)8-9-21(2,3)24-19;1-22-17-9-5-8-16(19-17)20(24-2)18(21)23-15-11-10-13-6-3-4-7-14(13)12-15;1-18(21)9-3-4-12(11(16)7-9)17-14(20)10-6-8(15)2-5-13(10)19;1-5-7-10(13-3-12-5)15(4-14-7)11-8(16)9-6(20-11)2-19-22(17,18)21-9/h5-6,8,12,18,20H,1-4,7,9-11,13-15H2;4-10,15,22H,11-12H2,1-3H3;5,8-12H,3-4,6-7H2,1-2H3;2-7H,1H3,(H-,17,19,20,21);3-4,6,8-9,11,16H,2H2,1H3,(H,17,18)/p+1/t;15-;;;6-,8+,9?,11+/m.0..0/s1. The van der Waals surface area contributed by atoms with Gasteiger partial charge in [-0.25, -0.2) is 28.6 Å². The number of hydrogen-bond acceptors (Lipinski definition) is 21. The molecule has 6 aromatic carbocycles. The lowest BCUT2D eigenvalue weighted by Crippen LogP contribution is -2.50. The summed E-state index contributed by atoms with van der Waals surface area (Å²) in [7, 11) is -1.26. The molecule has 2 aliphatic carbocycles. The number of imidazole rings is 1. The zero-order valence-electron chi connectivity index (χ0n) is 65.0. The third kappa shape index (κ3) is 19.6. The number of amides is 3. The van der Waals surface area contributed by atoms with Crippen molar-refractivity contribution < 1.29 is 76.7 Å². The van der Waals surface area contributed by atoms with Crippen molar-refractivity contribution in [3.8, 4) is 34.6 Å². The molecule has 1 saturated carbocycles. The van der Waals surface area contributed by atoms with Crippen LogP contribution in [0.15, 0.2) is 158 Å². The normalized spacial score (nSPS) is 21.4. The Morgan fingerprint density at radius 3 is 2.37 bits per heavy atom. The van der Waals surface area contributed by atoms with Crippen molar-refractivity contribution in [1.29, 1.82) is 0 Å². The van der Waals surface area contributed by atoms with Gasteiger partial charge in [0, 0.05) is 75.3 Å². The molecule has 30 heteroatoms. The lowest BCUT2D eigenvalue weighted by atomic mass is 9.87. The van der Waals surface area contributed by atoms with Crippen LogP contribution in [0.3, 0.4) is 0 Å². The number of phosphoric acid groups is 1. The lowest BCUT2D eigenvalue weighted by molar-refractivity contribution is -0.428. The molecule has 7 atom stereocenters. The molecule has 604 valence electrons. The molecule has 0 radical (unpaired) electrons. The molecule has 9 aromatic rings. The van der Waals surface area contributed by atoms with E-state index in [0.29, 0.717) is 80.3 Å². The number of phosphoric ester groups is 1. The molecule has 115 heavy (non-hydrogen) atoms. The topological polar surface area (TPSA) is 312 Å². The van der Waals surface area contributed by atoms with Crippen molar-refractivity contribution in [2.75, 3.05) is 62.9 Å². The van der Waals surface area contributed by atoms with Crippen LogP contribution in [0.5, 0.6) is 34.6 Å². The van der Waals surface area contributed by atoms with E-state index in [4.69, 9.17) is 55.9 Å². The number of benzene rings is 6. The number of aromatic hydroxyl groups is 2. The number of pyridine rings is 1. The summed E-state index contributed by atoms with van der Waals surface area (Å²) in [6, 6.07) is 38.8. The van der Waals surface area contributed by atoms with E-state index in [1.54, 1.807) is 43.1 Å². The zero-order chi connectivity index (χ0) is 81.4. The maximum absolute atomic E-state index is 13.0. The van der Waals surface area contributed by atoms with Crippen molar-refractivity contribution in [3.05, 3.63) is 229 Å². The number of nitrogens with one attached hydrogen (secondary N) is 1. The van der Waals surface area contributed by atoms with Crippen molar-refractivity contribution in [1.82, 2.24) is 34.3 Å². The van der Waals surface area contributed by atoms with Gasteiger partial charge in [0.1, 0.15) is 64.5 Å². The zero-order valence-corrected chi connectivity index (χ0v) is 68.3. The molecular formula is C85H94Cl2N10O16PS+. The number of rotatable bonds is 10. The fourth-order valence-electron chi connectivity index (χ4n) is 15.5. The molecule has 8 aliphatic rings. The molecule has 6 aliphatic heterocycles. The van der Waals surface area contributed by atoms with Crippen LogP contribution in [0.25, 0.3) is 17.2 Å². The van der Waals surface area contributed by atoms with Crippen molar-refractivity contribution in [3.63, 3.8) is 0 Å². The number of phenols is 2. The minimum atomic E-state index is -4.14. The van der Waals surface area contributed by atoms with Gasteiger partial charge < -0.3 is 59.0 Å². The summed E-state index contributed by atoms with van der Waals surface area (Å²) in [5, 5.41) is 33.4. The maximum Gasteiger partial charge on any atom is 0.472 e. The fourth-order valence-corrected chi connectivity index (χ4v) is 17.3. The SMILES string of the molecule is C=C1CN(C(=O)C2CCCCC2)CC2c3ccccc3CCCN12.COc1cccc(N(SC)C(=O)Oc2ccc3c(c2)CCCC3)n1.C[N+](=O)c1ccc(NC(=O)c2cc(Cl)ccc2O)c(Cl)c1.Cc1ccc([C@@H]2COc3c(ccc4c3C=CC(C)(C)O4)C2)c(O)c1.Cc1ncnc2c1ncn2[C@@H]1O[C@H]2COP(=O)(O)OC2[C@H]1O. The number of piperazine rings is 1. The Morgan fingerprint density at radius 1 is 0.826 bits per heavy atom. The molecule has 17 rings (SSSR count). The van der Waals surface area contributed by atoms with Crippen LogP contribution in [0, 0.1) is 24.7 Å². The number of halogens is 2. The Balaban J connectivity index is 0.000000125. The van der Waals surface area contributed by atoms with Gasteiger partial charge in [0.05, 0.1) is 66.8 Å². The van der Waals surface area contributed by atoms with Crippen molar-refractivity contribution in [2.45, 2.75) is 147 Å². The predicted molar refractivity (Wildman–Crippen MR) is 440 cm³/mol. The molecule has 0 bridgehead atoms. The van der Waals surface area contributed by atoms with Crippen LogP contribution in [0.2, 0.25) is 10.0 Å². The highest BCUT2D eigenvalue weighted by Gasteiger charge is 2.53. The average molecular weight is 1650 g/mol. The highest BCUT2D eigenvalue weighted by atomic mass is 35.5. The van der Waals surface area contributed by atoms with Gasteiger partial charge in [-0.3, -0.25) is 23.2 Å². The summed E-state index contributed by atoms with van der Waals surface area (Å²) in [5.41, 5.74) is 13.0. The van der Waals surface area contributed by atoms with E-state index in [1.165, 1.54) is 133 Å². The van der Waals surface area contributed by atoms with E-state index in [-0.39, 0.29) is 46.4 Å². The molecular weight excluding hydrogens is 1550 g/mol. The molecule has 3 aromatic heterocycles. The van der Waals surface area contributed by atoms with E-state index in [9.17, 15) is 44.1 Å². The highest BCUT2D eigenvalue weighted by Crippen LogP contribution is 2.53. The molecule has 0 spiro atoms. The monoisotopic (exact) mass is 1640 g/mol. The van der Waals surface area contributed by atoms with Gasteiger partial charge in [0.15, 0.2) is 24.7 Å². The number of nitroso groups, excluding NO2 is 1. The van der Waals surface area contributed by atoms with Crippen LogP contribution in [0.1, 0.15) is 144 Å². The summed E-state index contributed by atoms with van der Waals surface area (Å²) < 4.78 is 53.2. The first-order valence-electron chi connectivity index (χ1n) is 38.3. The molecule has 5 N–H and O–H groups in total. The van der Waals surface area contributed by atoms with Gasteiger partial charge in [0.2, 0.25) is 11.8 Å². The number of methoxy groups -OCH3 is 1. The van der Waals surface area contributed by atoms with Crippen molar-refractivity contribution in [2.24, 2.45) is 5.92 Å². The van der Waals surface area contributed by atoms with E-state index < -0.39 is 44.4 Å². The van der Waals surface area contributed by atoms with Crippen LogP contribution < -0.4 is 28.6 Å². The number of aliphatic hydroxyl groups is 1. The number of aliphatic hydroxyl groups excluding tert-OH is 1. The number of aromatic nitrogens is 5. The number of phenolic OH excluding ortho intramolecular Hbond substituents is 2. The van der Waals surface area contributed by atoms with Crippen LogP contribution in [-0.4, -0.2) is 154 Å². The Hall–Kier alpha value is -9.93. The molecule has 3 saturated heterocycles. The van der Waals surface area contributed by atoms with Gasteiger partial charge in [0.25, 0.3) is 11.6 Å². The minimum Gasteiger partial charge on any atom is -0.508 e. The smallest absolute Gasteiger partial charge is 0.472 e. The Bertz CT molecular complexity index is 5200. The summed E-state index contributed by atoms with van der Waals surface area (Å²) in [6.07, 6.45) is 18.4. The number of hydrogen-bond donors (Lipinski definition) is 5. The minimum absolute atomic E-state index is 0.0311. The Kier molecular flexibility index (Phi) is 26.3. The van der Waals surface area contributed by atoms with E-state index >= 15 is 0 Å². The summed E-state index contributed by atoms with van der Waals surface area (Å²) >= 11 is 13.0. The number of fused-ring (bicyclic) bond motifs is 9. The molecule has 3 amide bonds. The quantitative estimate of drug-likeness (QED) is 0.0482. The summed E-state index contributed by atoms with van der Waals surface area (Å²) in [4.78, 5) is 79.4. The molecule has 9 heterocycles. The molecule has 26 nitrogen and oxygen atoms in total. The fraction of sp³-hybridized carbons (Fsp3) is 0.376. The third-order valence-corrected chi connectivity index (χ3v) is 23.6. The van der Waals surface area contributed by atoms with Crippen LogP contribution >= 0.6 is 43.0 Å². The number of carbonyl (C=O) groups is 3. The highest BCUT2D eigenvalue weighted by molar-refractivity contribution is 8.00. The van der Waals surface area contributed by atoms with Gasteiger partial charge in [-0.1, -0.05) is 104 Å². The summed E-state index contributed by atoms with van der Waals surface area (Å²) in [6.45, 7) is 15.2. The maximum atomic E-state index is 13.0. The van der Waals surface area contributed by atoms with Gasteiger partial charge in [-0.2, -0.15) is 4.98 Å². The number of anilines is 2. The van der Waals surface area contributed by atoms with E-state index in [1.807, 2.05) is 57.2 Å². The number of aryl methyl sites for hydroxylation is 5. The van der Waals surface area contributed by atoms with E-state index in [0.717, 1.165) is 91.1 Å². The largest absolute Gasteiger partial charge is 0.508 e. The second-order valence-corrected chi connectivity index (χ2v) is 32.9. The van der Waals surface area contributed by atoms with Crippen LogP contribution in [-0.2, 0) is 48.8 Å². The van der Waals surface area contributed by atoms with Crippen molar-refractivity contribution >= 4 is 95.3 Å². The van der Waals surface area contributed by atoms with E-state index in [2.05, 4.69) is 90.2 Å². The van der Waals surface area contributed by atoms with Gasteiger partial charge in [-0.05, 0) is 198 Å². The van der Waals surface area contributed by atoms with Gasteiger partial charge in [-0.15, -0.1) is 0 Å². The number of carbonyl (C=O) groups excluding carboxylic acids is 3. The number of ether oxygens (including phenoxy) is 5. The summed E-state index contributed by atoms with van der Waals surface area (Å²) in [5.74, 6) is 3.69. The average Bonchev–Trinajstić information content (AvgIpc) is 1.69. The van der Waals surface area contributed by atoms with Gasteiger partial charge >= 0.3 is 13.9 Å². The second kappa shape index (κ2) is 36.5. The Labute approximate surface area is 681 Å². The lowest BCUT2D eigenvalue weighted by Gasteiger charge is -2.45. The van der Waals surface area contributed by atoms with Crippen LogP contribution in [0.4, 0.5) is 22.0 Å². The predicted octanol–water partition coefficient (Wildman–Crippen LogP) is 16.7. The first-order valence-corrected chi connectivity index (χ1v) is 41.8. The number of nitrogens with zero attached hydrogens (tertiary/aromatic N) is 9. The Morgan fingerprint density at radius 2 is 1.60 bits per heavy atom.